The van der Waals surface area contributed by atoms with Gasteiger partial charge in [-0.3, -0.25) is 19.3 Å². The Bertz CT molecular complexity index is 1810. The number of carbonyl (C=O) groups is 3. The van der Waals surface area contributed by atoms with Crippen LogP contribution in [0.1, 0.15) is 131 Å². The second-order valence-corrected chi connectivity index (χ2v) is 19.4. The summed E-state index contributed by atoms with van der Waals surface area (Å²) < 4.78 is 15.7. The minimum absolute atomic E-state index is 0.0164. The maximum atomic E-state index is 15.0. The number of carboxylic acid groups (broad SMARTS) is 1. The Labute approximate surface area is 318 Å². The molecule has 0 spiro atoms. The Morgan fingerprint density at radius 2 is 1.70 bits per heavy atom. The molecule has 0 bridgehead atoms. The van der Waals surface area contributed by atoms with Crippen molar-refractivity contribution in [1.29, 1.82) is 0 Å². The van der Waals surface area contributed by atoms with Crippen molar-refractivity contribution >= 4 is 17.7 Å². The first kappa shape index (κ1) is 39.0. The average Bonchev–Trinajstić information content (AvgIpc) is 3.44. The molecule has 12 nitrogen and oxygen atoms in total. The van der Waals surface area contributed by atoms with Crippen LogP contribution >= 0.6 is 0 Å². The quantitative estimate of drug-likeness (QED) is 0.212. The number of likely N-dealkylation sites (tertiary alicyclic amines) is 1. The van der Waals surface area contributed by atoms with Crippen LogP contribution in [0.25, 0.3) is 0 Å². The number of ketones is 1. The molecular weight excluding hydrogens is 692 g/mol. The number of aryl methyl sites for hydroxylation is 1. The zero-order valence-corrected chi connectivity index (χ0v) is 33.6. The molecule has 0 aromatic carbocycles. The fourth-order valence-corrected chi connectivity index (χ4v) is 13.3. The molecule has 0 amide bonds. The highest BCUT2D eigenvalue weighted by Crippen LogP contribution is 2.74. The van der Waals surface area contributed by atoms with Crippen LogP contribution in [0.4, 0.5) is 0 Å². The summed E-state index contributed by atoms with van der Waals surface area (Å²) in [4.78, 5) is 76.2. The maximum Gasteiger partial charge on any atom is 0.519 e. The van der Waals surface area contributed by atoms with Crippen LogP contribution in [0.15, 0.2) is 25.3 Å². The van der Waals surface area contributed by atoms with E-state index >= 15 is 4.79 Å². The molecule has 0 radical (unpaired) electrons. The first-order valence-corrected chi connectivity index (χ1v) is 20.4. The molecule has 11 atom stereocenters. The summed E-state index contributed by atoms with van der Waals surface area (Å²) in [5.41, 5.74) is -2.15. The number of esters is 1. The third-order valence-corrected chi connectivity index (χ3v) is 16.7. The number of carboxylic acids is 1. The predicted octanol–water partition coefficient (Wildman–Crippen LogP) is 7.19. The Morgan fingerprint density at radius 1 is 0.981 bits per heavy atom. The van der Waals surface area contributed by atoms with Gasteiger partial charge in [0.2, 0.25) is 11.5 Å². The number of fused-ring (bicyclic) bond motifs is 7. The van der Waals surface area contributed by atoms with Crippen molar-refractivity contribution < 1.29 is 42.8 Å². The number of allylic oxidation sites excluding steroid dienone is 2. The van der Waals surface area contributed by atoms with Gasteiger partial charge in [0.05, 0.1) is 28.9 Å². The first-order valence-electron chi connectivity index (χ1n) is 20.4. The van der Waals surface area contributed by atoms with Gasteiger partial charge in [-0.1, -0.05) is 33.3 Å². The van der Waals surface area contributed by atoms with E-state index in [-0.39, 0.29) is 70.4 Å². The molecule has 2 unspecified atom stereocenters. The molecule has 298 valence electrons. The van der Waals surface area contributed by atoms with E-state index in [1.807, 2.05) is 26.8 Å². The molecule has 12 heteroatoms. The van der Waals surface area contributed by atoms with E-state index in [4.69, 9.17) is 18.4 Å². The number of hydrogen-bond acceptors (Lipinski definition) is 10. The topological polar surface area (TPSA) is 157 Å². The molecule has 4 saturated carbocycles. The minimum Gasteiger partial charge on any atom is -0.481 e. The summed E-state index contributed by atoms with van der Waals surface area (Å²) in [6.45, 7) is 17.6. The molecule has 1 aromatic rings. The van der Waals surface area contributed by atoms with Gasteiger partial charge in [-0.15, -0.1) is 0 Å². The van der Waals surface area contributed by atoms with E-state index in [1.165, 1.54) is 0 Å². The lowest BCUT2D eigenvalue weighted by Crippen LogP contribution is -2.73. The molecule has 1 N–H and O–H groups in total. The molecule has 6 aliphatic rings. The van der Waals surface area contributed by atoms with Crippen LogP contribution in [0.3, 0.4) is 0 Å². The molecule has 54 heavy (non-hydrogen) atoms. The number of rotatable bonds is 8. The number of ether oxygens (including phenoxy) is 1. The summed E-state index contributed by atoms with van der Waals surface area (Å²) in [5.74, 6) is -2.22. The number of nitrogens with zero attached hydrogens (tertiary/aromatic N) is 2. The third-order valence-electron chi connectivity index (χ3n) is 16.7. The lowest BCUT2D eigenvalue weighted by Gasteiger charge is -2.69. The Hall–Kier alpha value is -3.28. The normalized spacial score (nSPS) is 43.4. The first-order chi connectivity index (χ1) is 25.3. The van der Waals surface area contributed by atoms with Crippen molar-refractivity contribution in [2.75, 3.05) is 19.7 Å². The summed E-state index contributed by atoms with van der Waals surface area (Å²) in [5, 5.41) is 10.3. The smallest absolute Gasteiger partial charge is 0.481 e. The minimum atomic E-state index is -1.13. The van der Waals surface area contributed by atoms with Crippen molar-refractivity contribution in [3.8, 4) is 0 Å². The van der Waals surface area contributed by atoms with E-state index in [9.17, 15) is 24.4 Å². The van der Waals surface area contributed by atoms with Crippen LogP contribution in [-0.4, -0.2) is 63.9 Å². The third kappa shape index (κ3) is 5.60. The van der Waals surface area contributed by atoms with Gasteiger partial charge in [-0.05, 0) is 132 Å². The highest BCUT2D eigenvalue weighted by molar-refractivity contribution is 5.95. The van der Waals surface area contributed by atoms with Gasteiger partial charge >= 0.3 is 17.8 Å². The van der Waals surface area contributed by atoms with E-state index < -0.39 is 33.6 Å². The van der Waals surface area contributed by atoms with Gasteiger partial charge in [0, 0.05) is 25.3 Å². The van der Waals surface area contributed by atoms with E-state index in [0.29, 0.717) is 38.8 Å². The van der Waals surface area contributed by atoms with Gasteiger partial charge in [-0.2, -0.15) is 0 Å². The summed E-state index contributed by atoms with van der Waals surface area (Å²) >= 11 is 0. The average molecular weight is 754 g/mol. The Kier molecular flexibility index (Phi) is 9.49. The molecule has 1 aromatic heterocycles. The molecule has 2 heterocycles. The Morgan fingerprint density at radius 3 is 2.37 bits per heavy atom. The van der Waals surface area contributed by atoms with Crippen LogP contribution in [0, 0.1) is 62.6 Å². The van der Waals surface area contributed by atoms with Gasteiger partial charge in [0.25, 0.3) is 5.54 Å². The fraction of sp³-hybridized carbons (Fsp3) is 0.810. The van der Waals surface area contributed by atoms with Crippen LogP contribution < -0.4 is 5.82 Å². The second kappa shape index (κ2) is 13.2. The number of carbonyl (C=O) groups excluding carboxylic acids is 2. The highest BCUT2D eigenvalue weighted by atomic mass is 16.8. The van der Waals surface area contributed by atoms with Gasteiger partial charge in [0.1, 0.15) is 0 Å². The molecule has 5 fully saturated rings. The standard InChI is InChI=1S/C42H60N2O10/c1-9-51-34(46)26-11-10-20-43(23-26)32-13-14-39(5)31(42(32,8)44(50)52-24-30-25(2)53-36(49)54-30)12-15-41(7)33(39)29(45)21-27-28-22-38(4,35(47)48)17-16-37(28,3)18-19-40(27,41)6/h21,26,28,31-33H,9-20,22-24H2,1-8H3/p+1/t26-,28?,31?,32+,33-,37-,38+,39+,40-,41-,42+/m1/s1. The van der Waals surface area contributed by atoms with Crippen LogP contribution in [0.2, 0.25) is 0 Å². The maximum absolute atomic E-state index is 15.0. The van der Waals surface area contributed by atoms with Crippen molar-refractivity contribution in [2.24, 2.45) is 50.7 Å². The second-order valence-electron chi connectivity index (χ2n) is 19.4. The van der Waals surface area contributed by atoms with Crippen molar-refractivity contribution in [3.63, 3.8) is 0 Å². The zero-order chi connectivity index (χ0) is 39.2. The number of piperidine rings is 1. The lowest BCUT2D eigenvalue weighted by atomic mass is 9.34. The lowest BCUT2D eigenvalue weighted by molar-refractivity contribution is -0.866. The largest absolute Gasteiger partial charge is 0.519 e. The Balaban J connectivity index is 1.27. The molecule has 1 saturated heterocycles. The fourth-order valence-electron chi connectivity index (χ4n) is 13.3. The van der Waals surface area contributed by atoms with E-state index in [2.05, 4.69) is 32.6 Å². The summed E-state index contributed by atoms with van der Waals surface area (Å²) in [7, 11) is 0. The molecule has 5 aliphatic carbocycles. The van der Waals surface area contributed by atoms with Crippen LogP contribution in [-0.2, 0) is 30.6 Å². The monoisotopic (exact) mass is 753 g/mol. The number of hydrogen-bond donors (Lipinski definition) is 1. The van der Waals surface area contributed by atoms with Crippen molar-refractivity contribution in [3.05, 3.63) is 38.7 Å². The molecule has 1 aliphatic heterocycles. The number of aliphatic carboxylic acids is 1. The molecular formula is C42H61N2O10+. The van der Waals surface area contributed by atoms with Crippen LogP contribution in [0.5, 0.6) is 0 Å². The summed E-state index contributed by atoms with van der Waals surface area (Å²) in [6.07, 6.45) is 10.2. The van der Waals surface area contributed by atoms with Crippen molar-refractivity contribution in [1.82, 2.24) is 4.90 Å². The SMILES string of the molecule is CCOC(=O)[C@@H]1CCCN([C@H]2CC[C@@]3(C)C(CC[C@]4(C)[C@@H]3C(=O)C=C3C5C[C@@](C)(C(=O)O)CC[C@]5(C)CC[C@]34C)[C@]2(C)[N+](=O)OCc2oc(=O)oc2C)C1. The molecule has 7 rings (SSSR count). The highest BCUT2D eigenvalue weighted by Gasteiger charge is 2.75. The van der Waals surface area contributed by atoms with Crippen molar-refractivity contribution in [2.45, 2.75) is 144 Å². The summed E-state index contributed by atoms with van der Waals surface area (Å²) in [6, 6.07) is -0.279. The van der Waals surface area contributed by atoms with Gasteiger partial charge in [-0.25, -0.2) is 9.63 Å². The zero-order valence-electron chi connectivity index (χ0n) is 33.6. The van der Waals surface area contributed by atoms with E-state index in [0.717, 1.165) is 62.0 Å². The predicted molar refractivity (Wildman–Crippen MR) is 197 cm³/mol. The van der Waals surface area contributed by atoms with Gasteiger partial charge in [0.15, 0.2) is 17.3 Å². The van der Waals surface area contributed by atoms with Gasteiger partial charge < -0.3 is 18.7 Å². The van der Waals surface area contributed by atoms with E-state index in [1.54, 1.807) is 6.92 Å².